The van der Waals surface area contributed by atoms with Crippen LogP contribution in [-0.2, 0) is 13.0 Å². The molecular formula is C13H16FNO2. The van der Waals surface area contributed by atoms with Crippen molar-refractivity contribution in [3.63, 3.8) is 0 Å². The van der Waals surface area contributed by atoms with Gasteiger partial charge >= 0.3 is 0 Å². The molecular weight excluding hydrogens is 221 g/mol. The van der Waals surface area contributed by atoms with Crippen molar-refractivity contribution in [2.75, 3.05) is 13.7 Å². The fourth-order valence-corrected chi connectivity index (χ4v) is 2.19. The zero-order valence-electron chi connectivity index (χ0n) is 10.0. The first kappa shape index (κ1) is 11.9. The number of aromatic nitrogens is 1. The van der Waals surface area contributed by atoms with Crippen molar-refractivity contribution in [2.24, 2.45) is 0 Å². The van der Waals surface area contributed by atoms with Gasteiger partial charge in [-0.05, 0) is 31.0 Å². The number of hydrogen-bond acceptors (Lipinski definition) is 2. The normalized spacial score (nSPS) is 11.1. The van der Waals surface area contributed by atoms with Gasteiger partial charge in [0, 0.05) is 24.7 Å². The number of aliphatic hydroxyl groups excluding tert-OH is 1. The minimum atomic E-state index is -0.258. The molecule has 1 aromatic heterocycles. The molecule has 0 saturated carbocycles. The van der Waals surface area contributed by atoms with Gasteiger partial charge in [0.2, 0.25) is 0 Å². The number of nitrogens with zero attached hydrogens (tertiary/aromatic N) is 1. The van der Waals surface area contributed by atoms with E-state index in [1.54, 1.807) is 13.2 Å². The van der Waals surface area contributed by atoms with Crippen LogP contribution in [0.25, 0.3) is 10.9 Å². The molecule has 1 aromatic carbocycles. The predicted molar refractivity (Wildman–Crippen MR) is 64.9 cm³/mol. The number of methoxy groups -OCH3 is 1. The second-order valence-electron chi connectivity index (χ2n) is 3.89. The summed E-state index contributed by atoms with van der Waals surface area (Å²) in [5.74, 6) is 0.392. The fraction of sp³-hybridized carbons (Fsp3) is 0.385. The van der Waals surface area contributed by atoms with Crippen molar-refractivity contribution < 1.29 is 14.2 Å². The largest absolute Gasteiger partial charge is 0.496 e. The van der Waals surface area contributed by atoms with Gasteiger partial charge in [0.25, 0.3) is 0 Å². The van der Waals surface area contributed by atoms with E-state index in [4.69, 9.17) is 9.84 Å². The topological polar surface area (TPSA) is 34.4 Å². The van der Waals surface area contributed by atoms with Crippen LogP contribution >= 0.6 is 0 Å². The van der Waals surface area contributed by atoms with Crippen LogP contribution in [0.5, 0.6) is 5.75 Å². The molecule has 0 saturated heterocycles. The van der Waals surface area contributed by atoms with Crippen molar-refractivity contribution in [1.82, 2.24) is 4.57 Å². The Hall–Kier alpha value is -1.55. The van der Waals surface area contributed by atoms with Crippen LogP contribution in [0.1, 0.15) is 12.5 Å². The molecule has 4 heteroatoms. The highest BCUT2D eigenvalue weighted by molar-refractivity contribution is 5.90. The SMILES string of the molecule is CCn1cc(CCO)c2c(OC)ccc(F)c21. The average Bonchev–Trinajstić information content (AvgIpc) is 2.70. The van der Waals surface area contributed by atoms with Gasteiger partial charge in [-0.3, -0.25) is 0 Å². The Morgan fingerprint density at radius 2 is 2.18 bits per heavy atom. The molecule has 0 radical (unpaired) electrons. The molecule has 0 aliphatic rings. The third kappa shape index (κ3) is 1.89. The van der Waals surface area contributed by atoms with E-state index in [-0.39, 0.29) is 12.4 Å². The molecule has 92 valence electrons. The lowest BCUT2D eigenvalue weighted by molar-refractivity contribution is 0.300. The number of halogens is 1. The van der Waals surface area contributed by atoms with Gasteiger partial charge in [0.1, 0.15) is 11.6 Å². The van der Waals surface area contributed by atoms with Gasteiger partial charge in [-0.15, -0.1) is 0 Å². The van der Waals surface area contributed by atoms with Crippen LogP contribution < -0.4 is 4.74 Å². The summed E-state index contributed by atoms with van der Waals surface area (Å²) in [5, 5.41) is 9.82. The first-order chi connectivity index (χ1) is 8.22. The lowest BCUT2D eigenvalue weighted by atomic mass is 10.1. The molecule has 1 N–H and O–H groups in total. The molecule has 0 fully saturated rings. The van der Waals surface area contributed by atoms with E-state index in [0.717, 1.165) is 10.9 Å². The van der Waals surface area contributed by atoms with Crippen molar-refractivity contribution >= 4 is 10.9 Å². The summed E-state index contributed by atoms with van der Waals surface area (Å²) in [6.07, 6.45) is 2.38. The molecule has 0 atom stereocenters. The zero-order chi connectivity index (χ0) is 12.4. The van der Waals surface area contributed by atoms with Crippen molar-refractivity contribution in [3.8, 4) is 5.75 Å². The monoisotopic (exact) mass is 237 g/mol. The third-order valence-electron chi connectivity index (χ3n) is 2.95. The number of aliphatic hydroxyl groups is 1. The number of fused-ring (bicyclic) bond motifs is 1. The van der Waals surface area contributed by atoms with Crippen LogP contribution in [0, 0.1) is 5.82 Å². The highest BCUT2D eigenvalue weighted by Crippen LogP contribution is 2.32. The summed E-state index contributed by atoms with van der Waals surface area (Å²) in [4.78, 5) is 0. The number of rotatable bonds is 4. The number of hydrogen-bond donors (Lipinski definition) is 1. The Morgan fingerprint density at radius 1 is 1.41 bits per heavy atom. The smallest absolute Gasteiger partial charge is 0.147 e. The van der Waals surface area contributed by atoms with Gasteiger partial charge in [0.05, 0.1) is 12.6 Å². The minimum Gasteiger partial charge on any atom is -0.496 e. The lowest BCUT2D eigenvalue weighted by Gasteiger charge is -2.06. The minimum absolute atomic E-state index is 0.0441. The predicted octanol–water partition coefficient (Wildman–Crippen LogP) is 2.34. The number of aryl methyl sites for hydroxylation is 1. The van der Waals surface area contributed by atoms with Crippen LogP contribution in [0.3, 0.4) is 0 Å². The van der Waals surface area contributed by atoms with Crippen LogP contribution in [-0.4, -0.2) is 23.4 Å². The molecule has 0 aliphatic carbocycles. The molecule has 0 aliphatic heterocycles. The van der Waals surface area contributed by atoms with Gasteiger partial charge in [-0.25, -0.2) is 4.39 Å². The van der Waals surface area contributed by atoms with Crippen molar-refractivity contribution in [1.29, 1.82) is 0 Å². The lowest BCUT2D eigenvalue weighted by Crippen LogP contribution is -1.94. The van der Waals surface area contributed by atoms with Gasteiger partial charge < -0.3 is 14.4 Å². The molecule has 2 rings (SSSR count). The maximum Gasteiger partial charge on any atom is 0.147 e. The van der Waals surface area contributed by atoms with E-state index in [1.165, 1.54) is 6.07 Å². The first-order valence-corrected chi connectivity index (χ1v) is 5.68. The molecule has 0 unspecified atom stereocenters. The Balaban J connectivity index is 2.78. The molecule has 3 nitrogen and oxygen atoms in total. The van der Waals surface area contributed by atoms with E-state index >= 15 is 0 Å². The second kappa shape index (κ2) is 4.75. The zero-order valence-corrected chi connectivity index (χ0v) is 10.0. The van der Waals surface area contributed by atoms with E-state index in [9.17, 15) is 4.39 Å². The van der Waals surface area contributed by atoms with E-state index in [0.29, 0.717) is 24.2 Å². The summed E-state index contributed by atoms with van der Waals surface area (Å²) in [5.41, 5.74) is 1.47. The van der Waals surface area contributed by atoms with E-state index < -0.39 is 0 Å². The molecule has 2 aromatic rings. The highest BCUT2D eigenvalue weighted by atomic mass is 19.1. The Labute approximate surface area is 99.4 Å². The maximum atomic E-state index is 13.9. The Bertz CT molecular complexity index is 534. The fourth-order valence-electron chi connectivity index (χ4n) is 2.19. The van der Waals surface area contributed by atoms with Gasteiger partial charge in [-0.1, -0.05) is 0 Å². The van der Waals surface area contributed by atoms with Gasteiger partial charge in [0.15, 0.2) is 0 Å². The van der Waals surface area contributed by atoms with Crippen molar-refractivity contribution in [2.45, 2.75) is 19.9 Å². The summed E-state index contributed by atoms with van der Waals surface area (Å²) in [6.45, 7) is 2.69. The van der Waals surface area contributed by atoms with E-state index in [2.05, 4.69) is 0 Å². The molecule has 0 bridgehead atoms. The highest BCUT2D eigenvalue weighted by Gasteiger charge is 2.15. The maximum absolute atomic E-state index is 13.9. The number of ether oxygens (including phenoxy) is 1. The molecule has 1 heterocycles. The summed E-state index contributed by atoms with van der Waals surface area (Å²) in [7, 11) is 1.57. The summed E-state index contributed by atoms with van der Waals surface area (Å²) in [6, 6.07) is 3.04. The standard InChI is InChI=1S/C13H16FNO2/c1-3-15-8-9(6-7-16)12-11(17-2)5-4-10(14)13(12)15/h4-5,8,16H,3,6-7H2,1-2H3. The first-order valence-electron chi connectivity index (χ1n) is 5.68. The average molecular weight is 237 g/mol. The van der Waals surface area contributed by atoms with Crippen LogP contribution in [0.4, 0.5) is 4.39 Å². The number of benzene rings is 1. The molecule has 17 heavy (non-hydrogen) atoms. The van der Waals surface area contributed by atoms with Crippen molar-refractivity contribution in [3.05, 3.63) is 29.7 Å². The quantitative estimate of drug-likeness (QED) is 0.885. The summed E-state index contributed by atoms with van der Waals surface area (Å²) < 4.78 is 21.0. The molecule has 0 amide bonds. The molecule has 0 spiro atoms. The van der Waals surface area contributed by atoms with Gasteiger partial charge in [-0.2, -0.15) is 0 Å². The third-order valence-corrected chi connectivity index (χ3v) is 2.95. The Kier molecular flexibility index (Phi) is 3.33. The summed E-state index contributed by atoms with van der Waals surface area (Å²) >= 11 is 0. The second-order valence-corrected chi connectivity index (χ2v) is 3.89. The van der Waals surface area contributed by atoms with Crippen LogP contribution in [0.15, 0.2) is 18.3 Å². The Morgan fingerprint density at radius 3 is 2.76 bits per heavy atom. The van der Waals surface area contributed by atoms with Crippen LogP contribution in [0.2, 0.25) is 0 Å². The van der Waals surface area contributed by atoms with E-state index in [1.807, 2.05) is 17.7 Å².